The van der Waals surface area contributed by atoms with Gasteiger partial charge in [0.25, 0.3) is 5.91 Å². The van der Waals surface area contributed by atoms with E-state index in [1.807, 2.05) is 4.90 Å². The molecule has 6 nitrogen and oxygen atoms in total. The predicted molar refractivity (Wildman–Crippen MR) is 88.1 cm³/mol. The first-order valence-electron chi connectivity index (χ1n) is 9.51. The van der Waals surface area contributed by atoms with E-state index < -0.39 is 5.54 Å². The lowest BCUT2D eigenvalue weighted by Gasteiger charge is -2.41. The average Bonchev–Trinajstić information content (AvgIpc) is 3.15. The van der Waals surface area contributed by atoms with Gasteiger partial charge >= 0.3 is 6.03 Å². The van der Waals surface area contributed by atoms with Gasteiger partial charge in [-0.1, -0.05) is 32.1 Å². The molecule has 0 aromatic heterocycles. The van der Waals surface area contributed by atoms with Crippen molar-refractivity contribution in [2.75, 3.05) is 19.6 Å². The zero-order valence-corrected chi connectivity index (χ0v) is 14.3. The number of imide groups is 1. The van der Waals surface area contributed by atoms with E-state index in [1.165, 1.54) is 25.7 Å². The monoisotopic (exact) mass is 333 g/mol. The van der Waals surface area contributed by atoms with Gasteiger partial charge in [0.05, 0.1) is 0 Å². The van der Waals surface area contributed by atoms with E-state index in [1.54, 1.807) is 0 Å². The summed E-state index contributed by atoms with van der Waals surface area (Å²) in [4.78, 5) is 40.6. The van der Waals surface area contributed by atoms with E-state index in [2.05, 4.69) is 5.32 Å². The number of hydrogen-bond acceptors (Lipinski definition) is 3. The molecule has 2 aliphatic heterocycles. The molecule has 0 aromatic carbocycles. The highest BCUT2D eigenvalue weighted by Gasteiger charge is 2.53. The molecule has 2 aliphatic carbocycles. The topological polar surface area (TPSA) is 69.7 Å². The lowest BCUT2D eigenvalue weighted by atomic mass is 9.75. The number of amides is 4. The molecule has 4 fully saturated rings. The number of carbonyl (C=O) groups is 3. The minimum absolute atomic E-state index is 0.0717. The van der Waals surface area contributed by atoms with Crippen molar-refractivity contribution in [2.24, 2.45) is 11.8 Å². The molecule has 4 aliphatic rings. The Labute approximate surface area is 142 Å². The van der Waals surface area contributed by atoms with Crippen molar-refractivity contribution < 1.29 is 14.4 Å². The fourth-order valence-corrected chi connectivity index (χ4v) is 5.20. The van der Waals surface area contributed by atoms with Crippen molar-refractivity contribution in [2.45, 2.75) is 63.3 Å². The molecule has 4 amide bonds. The maximum atomic E-state index is 12.7. The quantitative estimate of drug-likeness (QED) is 0.785. The Morgan fingerprint density at radius 2 is 1.75 bits per heavy atom. The number of fused-ring (bicyclic) bond motifs is 1. The van der Waals surface area contributed by atoms with Gasteiger partial charge in [0.15, 0.2) is 0 Å². The maximum absolute atomic E-state index is 12.7. The molecule has 2 saturated carbocycles. The highest BCUT2D eigenvalue weighted by molar-refractivity contribution is 6.09. The van der Waals surface area contributed by atoms with Crippen LogP contribution >= 0.6 is 0 Å². The van der Waals surface area contributed by atoms with Crippen LogP contribution in [-0.2, 0) is 9.59 Å². The summed E-state index contributed by atoms with van der Waals surface area (Å²) in [5.41, 5.74) is -0.715. The van der Waals surface area contributed by atoms with E-state index in [-0.39, 0.29) is 24.4 Å². The number of urea groups is 1. The van der Waals surface area contributed by atoms with E-state index in [0.717, 1.165) is 43.2 Å². The Balaban J connectivity index is 1.39. The molecule has 1 spiro atoms. The van der Waals surface area contributed by atoms with Crippen LogP contribution in [0.5, 0.6) is 0 Å². The van der Waals surface area contributed by atoms with Crippen molar-refractivity contribution in [3.05, 3.63) is 0 Å². The summed E-state index contributed by atoms with van der Waals surface area (Å²) >= 11 is 0. The highest BCUT2D eigenvalue weighted by atomic mass is 16.2. The van der Waals surface area contributed by atoms with Gasteiger partial charge < -0.3 is 10.2 Å². The van der Waals surface area contributed by atoms with E-state index in [4.69, 9.17) is 0 Å². The zero-order chi connectivity index (χ0) is 16.7. The van der Waals surface area contributed by atoms with Gasteiger partial charge in [-0.2, -0.15) is 0 Å². The normalized spacial score (nSPS) is 32.2. The van der Waals surface area contributed by atoms with Gasteiger partial charge in [-0.25, -0.2) is 4.79 Å². The third-order valence-electron chi connectivity index (χ3n) is 6.64. The Kier molecular flexibility index (Phi) is 4.01. The van der Waals surface area contributed by atoms with Gasteiger partial charge in [0, 0.05) is 13.1 Å². The first-order valence-corrected chi connectivity index (χ1v) is 9.51. The third kappa shape index (κ3) is 2.60. The predicted octanol–water partition coefficient (Wildman–Crippen LogP) is 1.89. The SMILES string of the molecule is O=C(CN1C(=O)NC2(CCCC2)C1=O)N1CC[C@@H]2CCCC[C@H]2C1. The summed E-state index contributed by atoms with van der Waals surface area (Å²) < 4.78 is 0. The van der Waals surface area contributed by atoms with Crippen molar-refractivity contribution >= 4 is 17.8 Å². The number of rotatable bonds is 2. The van der Waals surface area contributed by atoms with Crippen LogP contribution in [0, 0.1) is 11.8 Å². The number of hydrogen-bond donors (Lipinski definition) is 1. The number of likely N-dealkylation sites (tertiary alicyclic amines) is 1. The molecule has 2 atom stereocenters. The van der Waals surface area contributed by atoms with E-state index in [9.17, 15) is 14.4 Å². The Hall–Kier alpha value is -1.59. The zero-order valence-electron chi connectivity index (χ0n) is 14.3. The Bertz CT molecular complexity index is 556. The van der Waals surface area contributed by atoms with E-state index >= 15 is 0 Å². The summed E-state index contributed by atoms with van der Waals surface area (Å²) in [5, 5.41) is 2.85. The summed E-state index contributed by atoms with van der Waals surface area (Å²) in [5.74, 6) is 1.12. The van der Waals surface area contributed by atoms with Gasteiger partial charge in [-0.3, -0.25) is 14.5 Å². The maximum Gasteiger partial charge on any atom is 0.325 e. The fraction of sp³-hybridized carbons (Fsp3) is 0.833. The van der Waals surface area contributed by atoms with Crippen LogP contribution in [0.25, 0.3) is 0 Å². The number of nitrogens with zero attached hydrogens (tertiary/aromatic N) is 2. The number of nitrogens with one attached hydrogen (secondary N) is 1. The lowest BCUT2D eigenvalue weighted by molar-refractivity contribution is -0.140. The summed E-state index contributed by atoms with van der Waals surface area (Å²) in [6, 6.07) is -0.386. The van der Waals surface area contributed by atoms with Gasteiger partial charge in [-0.15, -0.1) is 0 Å². The molecule has 6 heteroatoms. The largest absolute Gasteiger partial charge is 0.341 e. The summed E-state index contributed by atoms with van der Waals surface area (Å²) in [6.07, 6.45) is 9.49. The minimum atomic E-state index is -0.715. The van der Waals surface area contributed by atoms with Gasteiger partial charge in [0.1, 0.15) is 12.1 Å². The van der Waals surface area contributed by atoms with Gasteiger partial charge in [0.2, 0.25) is 5.91 Å². The molecule has 132 valence electrons. The van der Waals surface area contributed by atoms with Gasteiger partial charge in [-0.05, 0) is 37.5 Å². The molecule has 2 saturated heterocycles. The van der Waals surface area contributed by atoms with Crippen LogP contribution in [-0.4, -0.2) is 52.8 Å². The van der Waals surface area contributed by atoms with Crippen LogP contribution in [0.15, 0.2) is 0 Å². The number of piperidine rings is 1. The number of carbonyl (C=O) groups excluding carboxylic acids is 3. The third-order valence-corrected chi connectivity index (χ3v) is 6.64. The minimum Gasteiger partial charge on any atom is -0.341 e. The van der Waals surface area contributed by atoms with Crippen LogP contribution in [0.3, 0.4) is 0 Å². The van der Waals surface area contributed by atoms with Crippen LogP contribution < -0.4 is 5.32 Å². The smallest absolute Gasteiger partial charge is 0.325 e. The van der Waals surface area contributed by atoms with Crippen LogP contribution in [0.1, 0.15) is 57.8 Å². The van der Waals surface area contributed by atoms with Crippen molar-refractivity contribution in [1.82, 2.24) is 15.1 Å². The first-order chi connectivity index (χ1) is 11.6. The molecular formula is C18H27N3O3. The standard InChI is InChI=1S/C18H27N3O3/c22-15(20-10-7-13-5-1-2-6-14(13)11-20)12-21-16(23)18(19-17(21)24)8-3-4-9-18/h13-14H,1-12H2,(H,19,24)/t13-,14-/m0/s1. The van der Waals surface area contributed by atoms with Crippen molar-refractivity contribution in [1.29, 1.82) is 0 Å². The first kappa shape index (κ1) is 15.9. The average molecular weight is 333 g/mol. The van der Waals surface area contributed by atoms with Crippen molar-refractivity contribution in [3.8, 4) is 0 Å². The molecule has 2 heterocycles. The summed E-state index contributed by atoms with van der Waals surface area (Å²) in [7, 11) is 0. The second-order valence-electron chi connectivity index (χ2n) is 8.04. The highest BCUT2D eigenvalue weighted by Crippen LogP contribution is 2.37. The Morgan fingerprint density at radius 3 is 2.50 bits per heavy atom. The molecule has 1 N–H and O–H groups in total. The van der Waals surface area contributed by atoms with E-state index in [0.29, 0.717) is 18.8 Å². The fourth-order valence-electron chi connectivity index (χ4n) is 5.20. The lowest BCUT2D eigenvalue weighted by Crippen LogP contribution is -2.49. The van der Waals surface area contributed by atoms with Crippen molar-refractivity contribution in [3.63, 3.8) is 0 Å². The Morgan fingerprint density at radius 1 is 1.04 bits per heavy atom. The molecule has 0 bridgehead atoms. The second-order valence-corrected chi connectivity index (χ2v) is 8.04. The molecule has 0 radical (unpaired) electrons. The van der Waals surface area contributed by atoms with Crippen LogP contribution in [0.4, 0.5) is 4.79 Å². The molecule has 24 heavy (non-hydrogen) atoms. The second kappa shape index (κ2) is 6.05. The molecule has 4 rings (SSSR count). The molecular weight excluding hydrogens is 306 g/mol. The molecule has 0 aromatic rings. The molecule has 0 unspecified atom stereocenters. The summed E-state index contributed by atoms with van der Waals surface area (Å²) in [6.45, 7) is 1.48. The van der Waals surface area contributed by atoms with Crippen LogP contribution in [0.2, 0.25) is 0 Å².